The number of rotatable bonds is 1. The molecule has 0 radical (unpaired) electrons. The zero-order valence-corrected chi connectivity index (χ0v) is 14.1. The Hall–Kier alpha value is -2.28. The van der Waals surface area contributed by atoms with Gasteiger partial charge in [0.15, 0.2) is 0 Å². The molecule has 1 unspecified atom stereocenters. The predicted molar refractivity (Wildman–Crippen MR) is 99.2 cm³/mol. The molecule has 1 aliphatic heterocycles. The van der Waals surface area contributed by atoms with Crippen LogP contribution in [-0.2, 0) is 11.8 Å². The molecule has 0 saturated heterocycles. The fourth-order valence-corrected chi connectivity index (χ4v) is 3.57. The standard InChI is InChI=1S/C22H23N/c1-22(2,3)17-11-12-20-16(13-17)14-21(23-20)19-10-6-8-15-7-4-5-9-18(15)19/h4-13,21,23H,14H2,1-3H3. The van der Waals surface area contributed by atoms with Crippen LogP contribution in [0.5, 0.6) is 0 Å². The zero-order valence-electron chi connectivity index (χ0n) is 14.1. The van der Waals surface area contributed by atoms with Crippen molar-refractivity contribution in [3.05, 3.63) is 77.4 Å². The van der Waals surface area contributed by atoms with E-state index in [-0.39, 0.29) is 5.41 Å². The molecule has 1 atom stereocenters. The largest absolute Gasteiger partial charge is 0.378 e. The van der Waals surface area contributed by atoms with E-state index in [4.69, 9.17) is 0 Å². The summed E-state index contributed by atoms with van der Waals surface area (Å²) in [7, 11) is 0. The van der Waals surface area contributed by atoms with Gasteiger partial charge in [-0.1, -0.05) is 75.4 Å². The molecule has 0 spiro atoms. The van der Waals surface area contributed by atoms with Gasteiger partial charge in [-0.15, -0.1) is 0 Å². The first-order chi connectivity index (χ1) is 11.0. The highest BCUT2D eigenvalue weighted by Crippen LogP contribution is 2.38. The highest BCUT2D eigenvalue weighted by atomic mass is 14.9. The number of fused-ring (bicyclic) bond motifs is 2. The second kappa shape index (κ2) is 5.13. The summed E-state index contributed by atoms with van der Waals surface area (Å²) in [5.41, 5.74) is 5.74. The topological polar surface area (TPSA) is 12.0 Å². The third-order valence-corrected chi connectivity index (χ3v) is 4.92. The van der Waals surface area contributed by atoms with Crippen LogP contribution in [0.2, 0.25) is 0 Å². The maximum absolute atomic E-state index is 3.72. The van der Waals surface area contributed by atoms with Crippen LogP contribution >= 0.6 is 0 Å². The lowest BCUT2D eigenvalue weighted by Gasteiger charge is -2.19. The molecular formula is C22H23N. The molecule has 1 heteroatoms. The lowest BCUT2D eigenvalue weighted by Crippen LogP contribution is -2.10. The van der Waals surface area contributed by atoms with Gasteiger partial charge in [0, 0.05) is 5.69 Å². The molecule has 0 amide bonds. The number of hydrogen-bond donors (Lipinski definition) is 1. The SMILES string of the molecule is CC(C)(C)c1ccc2c(c1)CC(c1cccc3ccccc13)N2. The third-order valence-electron chi connectivity index (χ3n) is 4.92. The van der Waals surface area contributed by atoms with Crippen molar-refractivity contribution in [3.63, 3.8) is 0 Å². The minimum Gasteiger partial charge on any atom is -0.378 e. The molecule has 0 aliphatic carbocycles. The maximum Gasteiger partial charge on any atom is 0.0561 e. The summed E-state index contributed by atoms with van der Waals surface area (Å²) in [4.78, 5) is 0. The lowest BCUT2D eigenvalue weighted by atomic mass is 9.85. The molecule has 23 heavy (non-hydrogen) atoms. The Morgan fingerprint density at radius 1 is 0.913 bits per heavy atom. The number of anilines is 1. The van der Waals surface area contributed by atoms with E-state index in [1.807, 2.05) is 0 Å². The van der Waals surface area contributed by atoms with Gasteiger partial charge in [0.1, 0.15) is 0 Å². The van der Waals surface area contributed by atoms with E-state index in [0.29, 0.717) is 6.04 Å². The summed E-state index contributed by atoms with van der Waals surface area (Å²) < 4.78 is 0. The molecule has 1 heterocycles. The number of nitrogens with one attached hydrogen (secondary N) is 1. The predicted octanol–water partition coefficient (Wildman–Crippen LogP) is 5.85. The Morgan fingerprint density at radius 2 is 1.70 bits per heavy atom. The van der Waals surface area contributed by atoms with E-state index in [0.717, 1.165) is 6.42 Å². The molecule has 1 N–H and O–H groups in total. The Kier molecular flexibility index (Phi) is 3.19. The average Bonchev–Trinajstić information content (AvgIpc) is 2.96. The molecule has 1 aliphatic rings. The van der Waals surface area contributed by atoms with Gasteiger partial charge in [0.2, 0.25) is 0 Å². The van der Waals surface area contributed by atoms with E-state index < -0.39 is 0 Å². The molecule has 3 aromatic rings. The van der Waals surface area contributed by atoms with Crippen LogP contribution in [0.4, 0.5) is 5.69 Å². The van der Waals surface area contributed by atoms with E-state index in [2.05, 4.69) is 86.8 Å². The van der Waals surface area contributed by atoms with Crippen LogP contribution < -0.4 is 5.32 Å². The Bertz CT molecular complexity index is 865. The highest BCUT2D eigenvalue weighted by Gasteiger charge is 2.25. The first-order valence-electron chi connectivity index (χ1n) is 8.40. The minimum atomic E-state index is 0.201. The number of hydrogen-bond acceptors (Lipinski definition) is 1. The van der Waals surface area contributed by atoms with Gasteiger partial charge in [-0.25, -0.2) is 0 Å². The number of benzene rings is 3. The van der Waals surface area contributed by atoms with Gasteiger partial charge in [-0.2, -0.15) is 0 Å². The van der Waals surface area contributed by atoms with E-state index in [1.165, 1.54) is 33.2 Å². The van der Waals surface area contributed by atoms with Crippen LogP contribution in [0.15, 0.2) is 60.7 Å². The van der Waals surface area contributed by atoms with Crippen LogP contribution in [0.1, 0.15) is 43.5 Å². The van der Waals surface area contributed by atoms with Gasteiger partial charge in [-0.3, -0.25) is 0 Å². The summed E-state index contributed by atoms with van der Waals surface area (Å²) >= 11 is 0. The van der Waals surface area contributed by atoms with Crippen molar-refractivity contribution < 1.29 is 0 Å². The quantitative estimate of drug-likeness (QED) is 0.595. The molecule has 4 rings (SSSR count). The molecule has 0 saturated carbocycles. The lowest BCUT2D eigenvalue weighted by molar-refractivity contribution is 0.589. The molecule has 0 bridgehead atoms. The van der Waals surface area contributed by atoms with Gasteiger partial charge >= 0.3 is 0 Å². The first-order valence-corrected chi connectivity index (χ1v) is 8.40. The molecule has 0 fully saturated rings. The fraction of sp³-hybridized carbons (Fsp3) is 0.273. The zero-order chi connectivity index (χ0) is 16.0. The third kappa shape index (κ3) is 2.50. The van der Waals surface area contributed by atoms with Crippen molar-refractivity contribution in [1.29, 1.82) is 0 Å². The summed E-state index contributed by atoms with van der Waals surface area (Å²) in [6.45, 7) is 6.83. The highest BCUT2D eigenvalue weighted by molar-refractivity contribution is 5.86. The van der Waals surface area contributed by atoms with Gasteiger partial charge < -0.3 is 5.32 Å². The second-order valence-corrected chi connectivity index (χ2v) is 7.59. The normalized spacial score (nSPS) is 17.1. The average molecular weight is 301 g/mol. The summed E-state index contributed by atoms with van der Waals surface area (Å²) in [5.74, 6) is 0. The van der Waals surface area contributed by atoms with Crippen LogP contribution in [0.25, 0.3) is 10.8 Å². The van der Waals surface area contributed by atoms with Crippen molar-refractivity contribution in [2.45, 2.75) is 38.6 Å². The van der Waals surface area contributed by atoms with Crippen LogP contribution in [0, 0.1) is 0 Å². The van der Waals surface area contributed by atoms with Gasteiger partial charge in [0.05, 0.1) is 6.04 Å². The van der Waals surface area contributed by atoms with Crippen LogP contribution in [-0.4, -0.2) is 0 Å². The molecule has 1 nitrogen and oxygen atoms in total. The smallest absolute Gasteiger partial charge is 0.0561 e. The monoisotopic (exact) mass is 301 g/mol. The van der Waals surface area contributed by atoms with E-state index in [1.54, 1.807) is 0 Å². The van der Waals surface area contributed by atoms with E-state index >= 15 is 0 Å². The van der Waals surface area contributed by atoms with Crippen molar-refractivity contribution in [2.75, 3.05) is 5.32 Å². The van der Waals surface area contributed by atoms with Crippen molar-refractivity contribution in [2.24, 2.45) is 0 Å². The Balaban J connectivity index is 1.73. The maximum atomic E-state index is 3.72. The van der Waals surface area contributed by atoms with Crippen molar-refractivity contribution >= 4 is 16.5 Å². The molecular weight excluding hydrogens is 278 g/mol. The minimum absolute atomic E-state index is 0.201. The van der Waals surface area contributed by atoms with E-state index in [9.17, 15) is 0 Å². The van der Waals surface area contributed by atoms with Crippen molar-refractivity contribution in [1.82, 2.24) is 0 Å². The van der Waals surface area contributed by atoms with Crippen molar-refractivity contribution in [3.8, 4) is 0 Å². The molecule has 116 valence electrons. The summed E-state index contributed by atoms with van der Waals surface area (Å²) in [6, 6.07) is 22.6. The van der Waals surface area contributed by atoms with Gasteiger partial charge in [-0.05, 0) is 45.4 Å². The van der Waals surface area contributed by atoms with Gasteiger partial charge in [0.25, 0.3) is 0 Å². The summed E-state index contributed by atoms with van der Waals surface area (Å²) in [6.07, 6.45) is 1.06. The van der Waals surface area contributed by atoms with Crippen LogP contribution in [0.3, 0.4) is 0 Å². The fourth-order valence-electron chi connectivity index (χ4n) is 3.57. The second-order valence-electron chi connectivity index (χ2n) is 7.59. The molecule has 3 aromatic carbocycles. The molecule has 0 aromatic heterocycles. The Labute approximate surface area is 138 Å². The summed E-state index contributed by atoms with van der Waals surface area (Å²) in [5, 5.41) is 6.40. The Morgan fingerprint density at radius 3 is 2.52 bits per heavy atom. The first kappa shape index (κ1) is 14.3.